The van der Waals surface area contributed by atoms with Crippen molar-refractivity contribution in [3.8, 4) is 12.3 Å². The van der Waals surface area contributed by atoms with Crippen LogP contribution in [0.1, 0.15) is 162 Å². The van der Waals surface area contributed by atoms with Crippen LogP contribution in [0, 0.1) is 59.7 Å². The van der Waals surface area contributed by atoms with Crippen molar-refractivity contribution in [2.45, 2.75) is 168 Å². The van der Waals surface area contributed by atoms with E-state index in [2.05, 4.69) is 31.9 Å². The van der Waals surface area contributed by atoms with Crippen molar-refractivity contribution >= 4 is 11.9 Å². The molecule has 0 bridgehead atoms. The highest BCUT2D eigenvalue weighted by Gasteiger charge is 2.35. The molecule has 4 aliphatic carbocycles. The van der Waals surface area contributed by atoms with E-state index in [-0.39, 0.29) is 30.4 Å². The fraction of sp³-hybridized carbons (Fsp3) is 0.778. The Morgan fingerprint density at radius 3 is 1.84 bits per heavy atom. The summed E-state index contributed by atoms with van der Waals surface area (Å²) in [6.07, 6.45) is 42.3. The molecule has 0 aromatic rings. The molecular weight excluding hydrogens is 604 g/mol. The monoisotopic (exact) mass is 675 g/mol. The van der Waals surface area contributed by atoms with Crippen LogP contribution in [0.4, 0.5) is 0 Å². The zero-order chi connectivity index (χ0) is 34.8. The van der Waals surface area contributed by atoms with Crippen LogP contribution in [0.2, 0.25) is 0 Å². The zero-order valence-electron chi connectivity index (χ0n) is 31.6. The van der Waals surface area contributed by atoms with Gasteiger partial charge in [0.05, 0.1) is 11.8 Å². The Morgan fingerprint density at radius 1 is 0.735 bits per heavy atom. The second-order valence-electron chi connectivity index (χ2n) is 16.4. The Morgan fingerprint density at radius 2 is 1.31 bits per heavy atom. The largest absolute Gasteiger partial charge is 0.461 e. The lowest BCUT2D eigenvalue weighted by Gasteiger charge is -2.37. The standard InChI is InChI=1S/C45H70O4/c1-5-8-11-14-34(4)43(49-45(47)42-31-27-40(28-32-42)38-23-19-36(20-24-38)16-13-10-7-3)33-48-44(46)41-29-25-39(26-30-41)37-21-17-35(18-22-37)15-12-9-6-2/h1,8,11,14,25,29,35-43H,6-7,9-10,12-13,15-24,26-28,30-33H2,2-4H3/b11-8-,34-14+. The molecule has 0 spiro atoms. The number of rotatable bonds is 17. The Balaban J connectivity index is 1.21. The normalized spacial score (nSPS) is 31.6. The summed E-state index contributed by atoms with van der Waals surface area (Å²) in [5, 5.41) is 0. The predicted octanol–water partition coefficient (Wildman–Crippen LogP) is 11.7. The van der Waals surface area contributed by atoms with Gasteiger partial charge in [0.25, 0.3) is 0 Å². The van der Waals surface area contributed by atoms with Crippen molar-refractivity contribution in [2.75, 3.05) is 6.61 Å². The lowest BCUT2D eigenvalue weighted by atomic mass is 9.68. The maximum atomic E-state index is 13.5. The van der Waals surface area contributed by atoms with Gasteiger partial charge in [-0.3, -0.25) is 9.59 Å². The molecule has 3 atom stereocenters. The fourth-order valence-electron chi connectivity index (χ4n) is 9.60. The molecule has 0 amide bonds. The molecule has 4 heteroatoms. The van der Waals surface area contributed by atoms with Crippen molar-refractivity contribution in [3.63, 3.8) is 0 Å². The molecule has 0 N–H and O–H groups in total. The molecule has 0 aromatic heterocycles. The Labute approximate surface area is 300 Å². The SMILES string of the molecule is C#C/C=C\C=C(/C)C(COC(=O)C1C=CC(C2CCC(CCCCC)CC2)CC1)OC(=O)C1CCC(C2CCC(CCCCC)CC2)CC1. The predicted molar refractivity (Wildman–Crippen MR) is 203 cm³/mol. The van der Waals surface area contributed by atoms with Crippen LogP contribution in [0.25, 0.3) is 0 Å². The summed E-state index contributed by atoms with van der Waals surface area (Å²) >= 11 is 0. The molecule has 4 rings (SSSR count). The maximum Gasteiger partial charge on any atom is 0.312 e. The third-order valence-corrected chi connectivity index (χ3v) is 13.0. The molecule has 274 valence electrons. The smallest absolute Gasteiger partial charge is 0.312 e. The number of carbonyl (C=O) groups is 2. The maximum absolute atomic E-state index is 13.5. The van der Waals surface area contributed by atoms with Crippen LogP contribution in [-0.2, 0) is 19.1 Å². The Hall–Kier alpha value is -2.28. The summed E-state index contributed by atoms with van der Waals surface area (Å²) in [6.45, 7) is 6.54. The van der Waals surface area contributed by atoms with E-state index in [4.69, 9.17) is 15.9 Å². The van der Waals surface area contributed by atoms with Crippen LogP contribution in [0.5, 0.6) is 0 Å². The number of carbonyl (C=O) groups excluding carboxylic acids is 2. The van der Waals surface area contributed by atoms with Gasteiger partial charge in [-0.25, -0.2) is 0 Å². The van der Waals surface area contributed by atoms with Crippen LogP contribution < -0.4 is 0 Å². The van der Waals surface area contributed by atoms with Crippen molar-refractivity contribution in [3.05, 3.63) is 36.0 Å². The third-order valence-electron chi connectivity index (χ3n) is 13.0. The molecule has 3 saturated carbocycles. The molecular formula is C45H70O4. The number of terminal acetylenes is 1. The van der Waals surface area contributed by atoms with Gasteiger partial charge < -0.3 is 9.47 Å². The average molecular weight is 675 g/mol. The molecule has 0 aliphatic heterocycles. The molecule has 0 radical (unpaired) electrons. The number of esters is 2. The highest BCUT2D eigenvalue weighted by atomic mass is 16.6. The first-order valence-corrected chi connectivity index (χ1v) is 20.8. The minimum absolute atomic E-state index is 0.0451. The molecule has 4 aliphatic rings. The van der Waals surface area contributed by atoms with Gasteiger partial charge >= 0.3 is 11.9 Å². The summed E-state index contributed by atoms with van der Waals surface area (Å²) < 4.78 is 12.0. The summed E-state index contributed by atoms with van der Waals surface area (Å²) in [5.74, 6) is 6.65. The van der Waals surface area contributed by atoms with Crippen LogP contribution in [0.3, 0.4) is 0 Å². The van der Waals surface area contributed by atoms with E-state index in [9.17, 15) is 9.59 Å². The molecule has 0 saturated heterocycles. The summed E-state index contributed by atoms with van der Waals surface area (Å²) in [7, 11) is 0. The lowest BCUT2D eigenvalue weighted by molar-refractivity contribution is -0.162. The van der Waals surface area contributed by atoms with E-state index < -0.39 is 6.10 Å². The second kappa shape index (κ2) is 21.8. The summed E-state index contributed by atoms with van der Waals surface area (Å²) in [4.78, 5) is 26.7. The second-order valence-corrected chi connectivity index (χ2v) is 16.4. The number of hydrogen-bond acceptors (Lipinski definition) is 4. The number of hydrogen-bond donors (Lipinski definition) is 0. The van der Waals surface area contributed by atoms with E-state index in [0.29, 0.717) is 5.92 Å². The third kappa shape index (κ3) is 13.1. The van der Waals surface area contributed by atoms with Crippen molar-refractivity contribution < 1.29 is 19.1 Å². The number of allylic oxidation sites excluding steroid dienone is 4. The molecule has 4 nitrogen and oxygen atoms in total. The molecule has 0 heterocycles. The summed E-state index contributed by atoms with van der Waals surface area (Å²) in [5.41, 5.74) is 0.835. The van der Waals surface area contributed by atoms with Gasteiger partial charge in [-0.1, -0.05) is 121 Å². The van der Waals surface area contributed by atoms with Gasteiger partial charge in [-0.2, -0.15) is 0 Å². The first-order chi connectivity index (χ1) is 23.9. The topological polar surface area (TPSA) is 52.6 Å². The van der Waals surface area contributed by atoms with E-state index in [1.54, 1.807) is 12.2 Å². The molecule has 3 unspecified atom stereocenters. The van der Waals surface area contributed by atoms with Crippen molar-refractivity contribution in [1.29, 1.82) is 0 Å². The number of ether oxygens (including phenoxy) is 2. The Bertz CT molecular complexity index is 1100. The van der Waals surface area contributed by atoms with E-state index in [1.165, 1.54) is 103 Å². The highest BCUT2D eigenvalue weighted by molar-refractivity contribution is 5.75. The highest BCUT2D eigenvalue weighted by Crippen LogP contribution is 2.43. The van der Waals surface area contributed by atoms with Gasteiger partial charge in [-0.15, -0.1) is 6.42 Å². The van der Waals surface area contributed by atoms with Crippen LogP contribution in [0.15, 0.2) is 36.0 Å². The lowest BCUT2D eigenvalue weighted by Crippen LogP contribution is -2.33. The van der Waals surface area contributed by atoms with E-state index >= 15 is 0 Å². The van der Waals surface area contributed by atoms with Gasteiger partial charge in [-0.05, 0) is 118 Å². The van der Waals surface area contributed by atoms with Crippen molar-refractivity contribution in [1.82, 2.24) is 0 Å². The minimum atomic E-state index is -0.604. The molecule has 49 heavy (non-hydrogen) atoms. The fourth-order valence-corrected chi connectivity index (χ4v) is 9.60. The van der Waals surface area contributed by atoms with Gasteiger partial charge in [0, 0.05) is 0 Å². The first kappa shape index (κ1) is 39.5. The van der Waals surface area contributed by atoms with E-state index in [1.807, 2.05) is 13.0 Å². The van der Waals surface area contributed by atoms with Crippen molar-refractivity contribution in [2.24, 2.45) is 47.3 Å². The van der Waals surface area contributed by atoms with E-state index in [0.717, 1.165) is 73.7 Å². The average Bonchev–Trinajstić information content (AvgIpc) is 3.14. The molecule has 3 fully saturated rings. The quantitative estimate of drug-likeness (QED) is 0.0506. The van der Waals surface area contributed by atoms with Gasteiger partial charge in [0.1, 0.15) is 6.61 Å². The minimum Gasteiger partial charge on any atom is -0.461 e. The van der Waals surface area contributed by atoms with Gasteiger partial charge in [0.2, 0.25) is 0 Å². The first-order valence-electron chi connectivity index (χ1n) is 20.8. The molecule has 0 aromatic carbocycles. The van der Waals surface area contributed by atoms with Crippen LogP contribution in [-0.4, -0.2) is 24.6 Å². The number of unbranched alkanes of at least 4 members (excludes halogenated alkanes) is 4. The Kier molecular flexibility index (Phi) is 17.6. The zero-order valence-corrected chi connectivity index (χ0v) is 31.6. The summed E-state index contributed by atoms with van der Waals surface area (Å²) in [6, 6.07) is 0. The van der Waals surface area contributed by atoms with Gasteiger partial charge in [0.15, 0.2) is 6.10 Å². The van der Waals surface area contributed by atoms with Crippen LogP contribution >= 0.6 is 0 Å².